The van der Waals surface area contributed by atoms with Crippen molar-refractivity contribution in [2.24, 2.45) is 0 Å². The van der Waals surface area contributed by atoms with E-state index in [-0.39, 0.29) is 17.2 Å². The monoisotopic (exact) mass is 443 g/mol. The second kappa shape index (κ2) is 9.19. The predicted molar refractivity (Wildman–Crippen MR) is 117 cm³/mol. The summed E-state index contributed by atoms with van der Waals surface area (Å²) < 4.78 is 5.28. The molecular formula is C21H21N3O4S2. The maximum absolute atomic E-state index is 13.1. The van der Waals surface area contributed by atoms with Gasteiger partial charge in [-0.25, -0.2) is 9.78 Å². The molecule has 7 nitrogen and oxygen atoms in total. The number of amides is 2. The third-order valence-corrected chi connectivity index (χ3v) is 5.60. The van der Waals surface area contributed by atoms with Crippen LogP contribution in [0.2, 0.25) is 0 Å². The van der Waals surface area contributed by atoms with E-state index in [0.717, 1.165) is 0 Å². The van der Waals surface area contributed by atoms with Crippen molar-refractivity contribution in [1.29, 1.82) is 0 Å². The maximum Gasteiger partial charge on any atom is 0.408 e. The van der Waals surface area contributed by atoms with Gasteiger partial charge in [-0.2, -0.15) is 0 Å². The molecule has 3 heterocycles. The number of anilines is 1. The van der Waals surface area contributed by atoms with Crippen LogP contribution in [0.15, 0.2) is 53.4 Å². The molecule has 0 aromatic carbocycles. The minimum absolute atomic E-state index is 0.133. The Labute approximate surface area is 182 Å². The molecule has 1 unspecified atom stereocenters. The van der Waals surface area contributed by atoms with Crippen LogP contribution in [0.3, 0.4) is 0 Å². The highest BCUT2D eigenvalue weighted by Crippen LogP contribution is 2.24. The number of thiophene rings is 2. The third kappa shape index (κ3) is 5.52. The smallest absolute Gasteiger partial charge is 0.408 e. The third-order valence-electron chi connectivity index (χ3n) is 3.79. The molecule has 0 radical (unpaired) electrons. The summed E-state index contributed by atoms with van der Waals surface area (Å²) >= 11 is 2.63. The lowest BCUT2D eigenvalue weighted by atomic mass is 10.1. The van der Waals surface area contributed by atoms with Crippen LogP contribution < -0.4 is 10.6 Å². The van der Waals surface area contributed by atoms with Crippen molar-refractivity contribution >= 4 is 46.3 Å². The largest absolute Gasteiger partial charge is 0.444 e. The van der Waals surface area contributed by atoms with Crippen LogP contribution in [-0.2, 0) is 9.53 Å². The predicted octanol–water partition coefficient (Wildman–Crippen LogP) is 4.64. The molecule has 30 heavy (non-hydrogen) atoms. The van der Waals surface area contributed by atoms with Crippen LogP contribution in [0.1, 0.15) is 46.9 Å². The SMILES string of the molecule is CC(C)(C)OC(=O)NC(C(=O)Nc1ncccc1C(=O)c1cccs1)c1cccs1. The van der Waals surface area contributed by atoms with Crippen molar-refractivity contribution in [3.63, 3.8) is 0 Å². The molecule has 2 amide bonds. The molecule has 1 atom stereocenters. The zero-order valence-corrected chi connectivity index (χ0v) is 18.3. The van der Waals surface area contributed by atoms with Gasteiger partial charge in [0.05, 0.1) is 10.4 Å². The number of ketones is 1. The molecule has 9 heteroatoms. The zero-order chi connectivity index (χ0) is 21.7. The van der Waals surface area contributed by atoms with E-state index in [1.54, 1.807) is 67.9 Å². The summed E-state index contributed by atoms with van der Waals surface area (Å²) in [5.74, 6) is -0.628. The number of hydrogen-bond donors (Lipinski definition) is 2. The van der Waals surface area contributed by atoms with Gasteiger partial charge >= 0.3 is 6.09 Å². The Hall–Kier alpha value is -3.04. The van der Waals surface area contributed by atoms with Crippen LogP contribution in [-0.4, -0.2) is 28.4 Å². The maximum atomic E-state index is 13.1. The number of ether oxygens (including phenoxy) is 1. The zero-order valence-electron chi connectivity index (χ0n) is 16.7. The first-order valence-electron chi connectivity index (χ1n) is 9.11. The fourth-order valence-corrected chi connectivity index (χ4v) is 4.02. The Kier molecular flexibility index (Phi) is 6.63. The number of aromatic nitrogens is 1. The number of nitrogens with zero attached hydrogens (tertiary/aromatic N) is 1. The Bertz CT molecular complexity index is 1020. The van der Waals surface area contributed by atoms with E-state index in [0.29, 0.717) is 9.75 Å². The number of pyridine rings is 1. The van der Waals surface area contributed by atoms with Gasteiger partial charge in [-0.15, -0.1) is 22.7 Å². The molecule has 0 bridgehead atoms. The van der Waals surface area contributed by atoms with Gasteiger partial charge in [0.25, 0.3) is 5.91 Å². The van der Waals surface area contributed by atoms with Gasteiger partial charge in [-0.1, -0.05) is 12.1 Å². The highest BCUT2D eigenvalue weighted by Gasteiger charge is 2.28. The van der Waals surface area contributed by atoms with Crippen molar-refractivity contribution in [3.05, 3.63) is 68.7 Å². The summed E-state index contributed by atoms with van der Waals surface area (Å²) in [4.78, 5) is 43.4. The number of hydrogen-bond acceptors (Lipinski definition) is 7. The molecule has 0 fully saturated rings. The lowest BCUT2D eigenvalue weighted by Gasteiger charge is -2.23. The van der Waals surface area contributed by atoms with Crippen molar-refractivity contribution in [2.75, 3.05) is 5.32 Å². The second-order valence-corrected chi connectivity index (χ2v) is 9.22. The molecular weight excluding hydrogens is 422 g/mol. The first-order valence-corrected chi connectivity index (χ1v) is 10.9. The van der Waals surface area contributed by atoms with Crippen LogP contribution in [0.25, 0.3) is 0 Å². The number of rotatable bonds is 6. The fourth-order valence-electron chi connectivity index (χ4n) is 2.56. The molecule has 2 N–H and O–H groups in total. The van der Waals surface area contributed by atoms with Gasteiger partial charge < -0.3 is 15.4 Å². The molecule has 0 aliphatic rings. The quantitative estimate of drug-likeness (QED) is 0.541. The Morgan fingerprint density at radius 2 is 1.77 bits per heavy atom. The highest BCUT2D eigenvalue weighted by atomic mass is 32.1. The Balaban J connectivity index is 1.83. The summed E-state index contributed by atoms with van der Waals surface area (Å²) in [5.41, 5.74) is -0.433. The molecule has 3 aromatic heterocycles. The van der Waals surface area contributed by atoms with Gasteiger partial charge in [0.2, 0.25) is 5.78 Å². The summed E-state index contributed by atoms with van der Waals surface area (Å²) in [5, 5.41) is 8.89. The molecule has 3 aromatic rings. The minimum atomic E-state index is -0.994. The molecule has 0 aliphatic heterocycles. The van der Waals surface area contributed by atoms with Crippen LogP contribution in [0.4, 0.5) is 10.6 Å². The van der Waals surface area contributed by atoms with Gasteiger partial charge in [-0.05, 0) is 55.8 Å². The van der Waals surface area contributed by atoms with Crippen molar-refractivity contribution < 1.29 is 19.1 Å². The summed E-state index contributed by atoms with van der Waals surface area (Å²) in [6, 6.07) is 9.25. The highest BCUT2D eigenvalue weighted by molar-refractivity contribution is 7.12. The molecule has 0 saturated heterocycles. The molecule has 0 spiro atoms. The topological polar surface area (TPSA) is 97.4 Å². The molecule has 3 rings (SSSR count). The van der Waals surface area contributed by atoms with Crippen molar-refractivity contribution in [2.45, 2.75) is 32.4 Å². The molecule has 0 saturated carbocycles. The van der Waals surface area contributed by atoms with Crippen LogP contribution in [0.5, 0.6) is 0 Å². The van der Waals surface area contributed by atoms with Crippen molar-refractivity contribution in [1.82, 2.24) is 10.3 Å². The van der Waals surface area contributed by atoms with E-state index in [9.17, 15) is 14.4 Å². The van der Waals surface area contributed by atoms with Crippen LogP contribution >= 0.6 is 22.7 Å². The van der Waals surface area contributed by atoms with Crippen LogP contribution in [0, 0.1) is 0 Å². The van der Waals surface area contributed by atoms with E-state index in [1.165, 1.54) is 28.9 Å². The minimum Gasteiger partial charge on any atom is -0.444 e. The van der Waals surface area contributed by atoms with E-state index in [1.807, 2.05) is 0 Å². The number of nitrogens with one attached hydrogen (secondary N) is 2. The first-order chi connectivity index (χ1) is 14.2. The standard InChI is InChI=1S/C21H21N3O4S2/c1-21(2,3)28-20(27)23-16(14-8-5-11-29-14)19(26)24-18-13(7-4-10-22-18)17(25)15-9-6-12-30-15/h4-12,16H,1-3H3,(H,23,27)(H,22,24,26). The summed E-state index contributed by atoms with van der Waals surface area (Å²) in [7, 11) is 0. The van der Waals surface area contributed by atoms with Crippen molar-refractivity contribution in [3.8, 4) is 0 Å². The number of carbonyl (C=O) groups is 3. The summed E-state index contributed by atoms with van der Waals surface area (Å²) in [6.45, 7) is 5.22. The Morgan fingerprint density at radius 3 is 2.40 bits per heavy atom. The van der Waals surface area contributed by atoms with Gasteiger partial charge in [0, 0.05) is 11.1 Å². The van der Waals surface area contributed by atoms with Gasteiger partial charge in [0.15, 0.2) is 0 Å². The molecule has 0 aliphatic carbocycles. The van der Waals surface area contributed by atoms with E-state index < -0.39 is 23.6 Å². The Morgan fingerprint density at radius 1 is 1.03 bits per heavy atom. The first kappa shape index (κ1) is 21.7. The second-order valence-electron chi connectivity index (χ2n) is 7.29. The van der Waals surface area contributed by atoms with E-state index in [4.69, 9.17) is 4.74 Å². The normalized spacial score (nSPS) is 12.1. The average Bonchev–Trinajstić information content (AvgIpc) is 3.38. The number of carbonyl (C=O) groups excluding carboxylic acids is 3. The lowest BCUT2D eigenvalue weighted by Crippen LogP contribution is -2.40. The lowest BCUT2D eigenvalue weighted by molar-refractivity contribution is -0.118. The summed E-state index contributed by atoms with van der Waals surface area (Å²) in [6.07, 6.45) is 0.773. The van der Waals surface area contributed by atoms with E-state index >= 15 is 0 Å². The average molecular weight is 444 g/mol. The van der Waals surface area contributed by atoms with Gasteiger partial charge in [-0.3, -0.25) is 9.59 Å². The fraction of sp³-hybridized carbons (Fsp3) is 0.238. The van der Waals surface area contributed by atoms with E-state index in [2.05, 4.69) is 15.6 Å². The van der Waals surface area contributed by atoms with Gasteiger partial charge in [0.1, 0.15) is 17.5 Å². The number of alkyl carbamates (subject to hydrolysis) is 1. The molecule has 156 valence electrons.